The average Bonchev–Trinajstić information content (AvgIpc) is 2.54. The van der Waals surface area contributed by atoms with Gasteiger partial charge in [0.1, 0.15) is 5.82 Å². The number of hydrogen-bond acceptors (Lipinski definition) is 5. The molecule has 2 aromatic heterocycles. The van der Waals surface area contributed by atoms with Gasteiger partial charge in [0.15, 0.2) is 0 Å². The number of aromatic nitrogens is 3. The molecule has 1 N–H and O–H groups in total. The van der Waals surface area contributed by atoms with Crippen molar-refractivity contribution < 1.29 is 11.0 Å². The van der Waals surface area contributed by atoms with Gasteiger partial charge >= 0.3 is 0 Å². The summed E-state index contributed by atoms with van der Waals surface area (Å²) in [5.41, 5.74) is 0.269. The van der Waals surface area contributed by atoms with Crippen LogP contribution in [0.1, 0.15) is 11.0 Å². The molecule has 1 saturated heterocycles. The maximum absolute atomic E-state index is 8.21. The SMILES string of the molecule is [2H]C1([2H])NC([2H])([2H])C([2H])([2H])N(c2ncc(Cl)cc2-c2cnccn2)C1([2H])[2H]. The molecular weight excluding hydrogens is 262 g/mol. The Labute approximate surface area is 127 Å². The van der Waals surface area contributed by atoms with Crippen molar-refractivity contribution >= 4 is 17.4 Å². The van der Waals surface area contributed by atoms with E-state index in [-0.39, 0.29) is 22.1 Å². The van der Waals surface area contributed by atoms with Crippen molar-refractivity contribution in [3.63, 3.8) is 0 Å². The fourth-order valence-corrected chi connectivity index (χ4v) is 1.73. The van der Waals surface area contributed by atoms with E-state index in [9.17, 15) is 0 Å². The van der Waals surface area contributed by atoms with E-state index in [1.165, 1.54) is 24.7 Å². The Balaban J connectivity index is 2.31. The molecule has 0 aromatic carbocycles. The van der Waals surface area contributed by atoms with Crippen molar-refractivity contribution in [2.45, 2.75) is 0 Å². The molecule has 0 atom stereocenters. The Kier molecular flexibility index (Phi) is 1.78. The van der Waals surface area contributed by atoms with Crippen LogP contribution in [0, 0.1) is 0 Å². The smallest absolute Gasteiger partial charge is 0.138 e. The van der Waals surface area contributed by atoms with Crippen LogP contribution >= 0.6 is 11.6 Å². The first-order chi connectivity index (χ1) is 12.3. The van der Waals surface area contributed by atoms with Crippen LogP contribution in [0.3, 0.4) is 0 Å². The van der Waals surface area contributed by atoms with E-state index in [1.54, 1.807) is 5.32 Å². The fraction of sp³-hybridized carbons (Fsp3) is 0.308. The Morgan fingerprint density at radius 1 is 1.21 bits per heavy atom. The number of nitrogens with one attached hydrogen (secondary N) is 1. The number of piperazine rings is 1. The first-order valence-electron chi connectivity index (χ1n) is 9.33. The molecule has 5 nitrogen and oxygen atoms in total. The maximum atomic E-state index is 8.21. The molecule has 0 saturated carbocycles. The van der Waals surface area contributed by atoms with Crippen molar-refractivity contribution in [2.24, 2.45) is 0 Å². The molecule has 0 spiro atoms. The third-order valence-corrected chi connectivity index (χ3v) is 2.55. The van der Waals surface area contributed by atoms with Crippen LogP contribution in [0.15, 0.2) is 30.9 Å². The molecule has 3 rings (SSSR count). The topological polar surface area (TPSA) is 53.9 Å². The highest BCUT2D eigenvalue weighted by Gasteiger charge is 2.17. The third-order valence-electron chi connectivity index (χ3n) is 2.34. The van der Waals surface area contributed by atoms with Crippen molar-refractivity contribution in [3.8, 4) is 11.3 Å². The van der Waals surface area contributed by atoms with E-state index in [0.717, 1.165) is 6.20 Å². The van der Waals surface area contributed by atoms with Gasteiger partial charge in [-0.15, -0.1) is 0 Å². The zero-order valence-electron chi connectivity index (χ0n) is 17.6. The highest BCUT2D eigenvalue weighted by Crippen LogP contribution is 2.29. The van der Waals surface area contributed by atoms with Gasteiger partial charge < -0.3 is 10.2 Å². The van der Waals surface area contributed by atoms with Gasteiger partial charge in [0.05, 0.1) is 22.4 Å². The van der Waals surface area contributed by atoms with Crippen LogP contribution in [-0.2, 0) is 0 Å². The molecule has 1 aliphatic heterocycles. The Hall–Kier alpha value is -1.72. The minimum Gasteiger partial charge on any atom is -0.354 e. The summed E-state index contributed by atoms with van der Waals surface area (Å²) in [7, 11) is 0. The van der Waals surface area contributed by atoms with Gasteiger partial charge in [0.2, 0.25) is 0 Å². The predicted molar refractivity (Wildman–Crippen MR) is 75.4 cm³/mol. The van der Waals surface area contributed by atoms with E-state index >= 15 is 0 Å². The molecule has 19 heavy (non-hydrogen) atoms. The molecule has 6 heteroatoms. The fourth-order valence-electron chi connectivity index (χ4n) is 1.57. The normalized spacial score (nSPS) is 32.4. The monoisotopic (exact) mass is 283 g/mol. The highest BCUT2D eigenvalue weighted by atomic mass is 35.5. The van der Waals surface area contributed by atoms with Crippen molar-refractivity contribution in [3.05, 3.63) is 35.9 Å². The van der Waals surface area contributed by atoms with E-state index in [0.29, 0.717) is 4.90 Å². The van der Waals surface area contributed by atoms with Gasteiger partial charge in [-0.3, -0.25) is 9.97 Å². The van der Waals surface area contributed by atoms with Gasteiger partial charge in [-0.05, 0) is 6.07 Å². The third kappa shape index (κ3) is 2.67. The quantitative estimate of drug-likeness (QED) is 0.907. The molecule has 0 radical (unpaired) electrons. The zero-order valence-corrected chi connectivity index (χ0v) is 10.3. The lowest BCUT2D eigenvalue weighted by atomic mass is 10.1. The molecule has 98 valence electrons. The number of halogens is 1. The second-order valence-corrected chi connectivity index (χ2v) is 3.99. The van der Waals surface area contributed by atoms with E-state index < -0.39 is 26.0 Å². The second kappa shape index (κ2) is 5.50. The summed E-state index contributed by atoms with van der Waals surface area (Å²) in [5.74, 6) is -0.357. The highest BCUT2D eigenvalue weighted by molar-refractivity contribution is 6.30. The molecule has 0 amide bonds. The van der Waals surface area contributed by atoms with E-state index in [2.05, 4.69) is 15.0 Å². The molecule has 2 aromatic rings. The molecule has 1 aliphatic rings. The van der Waals surface area contributed by atoms with Crippen LogP contribution in [0.5, 0.6) is 0 Å². The Bertz CT molecular complexity index is 837. The lowest BCUT2D eigenvalue weighted by Gasteiger charge is -2.29. The summed E-state index contributed by atoms with van der Waals surface area (Å²) in [5, 5.41) is 1.93. The maximum Gasteiger partial charge on any atom is 0.138 e. The van der Waals surface area contributed by atoms with E-state index in [4.69, 9.17) is 22.6 Å². The summed E-state index contributed by atoms with van der Waals surface area (Å²) in [4.78, 5) is 12.3. The van der Waals surface area contributed by atoms with Crippen LogP contribution in [0.4, 0.5) is 5.82 Å². The van der Waals surface area contributed by atoms with Crippen LogP contribution < -0.4 is 10.2 Å². The lowest BCUT2D eigenvalue weighted by Crippen LogP contribution is -2.44. The molecule has 0 bridgehead atoms. The summed E-state index contributed by atoms with van der Waals surface area (Å²) in [6.07, 6.45) is 5.23. The molecule has 0 aliphatic carbocycles. The van der Waals surface area contributed by atoms with Crippen LogP contribution in [-0.4, -0.2) is 40.9 Å². The summed E-state index contributed by atoms with van der Waals surface area (Å²) >= 11 is 5.98. The number of rotatable bonds is 2. The van der Waals surface area contributed by atoms with E-state index in [1.807, 2.05) is 0 Å². The second-order valence-electron chi connectivity index (χ2n) is 3.55. The van der Waals surface area contributed by atoms with Gasteiger partial charge in [-0.1, -0.05) is 11.6 Å². The number of anilines is 1. The zero-order chi connectivity index (χ0) is 20.3. The first-order valence-corrected chi connectivity index (χ1v) is 5.71. The van der Waals surface area contributed by atoms with Gasteiger partial charge in [0.25, 0.3) is 0 Å². The number of nitrogens with zero attached hydrogens (tertiary/aromatic N) is 4. The van der Waals surface area contributed by atoms with Crippen LogP contribution in [0.2, 0.25) is 5.02 Å². The lowest BCUT2D eigenvalue weighted by molar-refractivity contribution is 0.585. The largest absolute Gasteiger partial charge is 0.354 e. The Morgan fingerprint density at radius 3 is 2.79 bits per heavy atom. The van der Waals surface area contributed by atoms with Crippen LogP contribution in [0.25, 0.3) is 11.3 Å². The molecule has 0 unspecified atom stereocenters. The predicted octanol–water partition coefficient (Wildman–Crippen LogP) is 1.60. The first kappa shape index (κ1) is 6.15. The minimum atomic E-state index is -3.01. The van der Waals surface area contributed by atoms with Crippen molar-refractivity contribution in [1.82, 2.24) is 20.3 Å². The van der Waals surface area contributed by atoms with Crippen molar-refractivity contribution in [1.29, 1.82) is 0 Å². The number of pyridine rings is 1. The Morgan fingerprint density at radius 2 is 2.05 bits per heavy atom. The molecule has 1 fully saturated rings. The standard InChI is InChI=1S/C13H14ClN5/c14-10-7-11(12-9-16-1-2-17-12)13(18-8-10)19-5-3-15-4-6-19/h1-2,7-9,15H,3-6H2/i3D2,4D2,5D2,6D2. The summed E-state index contributed by atoms with van der Waals surface area (Å²) < 4.78 is 64.5. The van der Waals surface area contributed by atoms with Gasteiger partial charge in [-0.25, -0.2) is 4.98 Å². The van der Waals surface area contributed by atoms with Gasteiger partial charge in [0, 0.05) is 55.6 Å². The molecule has 3 heterocycles. The summed E-state index contributed by atoms with van der Waals surface area (Å²) in [6, 6.07) is 1.35. The number of hydrogen-bond donors (Lipinski definition) is 1. The van der Waals surface area contributed by atoms with Gasteiger partial charge in [-0.2, -0.15) is 0 Å². The minimum absolute atomic E-state index is 0.0804. The summed E-state index contributed by atoms with van der Waals surface area (Å²) in [6.45, 7) is -11.9. The average molecular weight is 284 g/mol. The molecular formula is C13H14ClN5. The van der Waals surface area contributed by atoms with Crippen molar-refractivity contribution in [2.75, 3.05) is 30.9 Å².